The highest BCUT2D eigenvalue weighted by Gasteiger charge is 2.31. The molecule has 0 aliphatic carbocycles. The molecular formula is C18H22N2O6S. The van der Waals surface area contributed by atoms with Gasteiger partial charge in [0.25, 0.3) is 0 Å². The maximum absolute atomic E-state index is 13.0. The molecule has 1 heterocycles. The highest BCUT2D eigenvalue weighted by Crippen LogP contribution is 2.29. The highest BCUT2D eigenvalue weighted by molar-refractivity contribution is 7.91. The van der Waals surface area contributed by atoms with Crippen molar-refractivity contribution in [1.82, 2.24) is 10.6 Å². The van der Waals surface area contributed by atoms with Crippen molar-refractivity contribution >= 4 is 21.7 Å². The predicted octanol–water partition coefficient (Wildman–Crippen LogP) is 1.45. The zero-order valence-electron chi connectivity index (χ0n) is 15.1. The maximum Gasteiger partial charge on any atom is 0.221 e. The monoisotopic (exact) mass is 394 g/mol. The van der Waals surface area contributed by atoms with Crippen LogP contribution in [0.25, 0.3) is 0 Å². The average molecular weight is 394 g/mol. The lowest BCUT2D eigenvalue weighted by molar-refractivity contribution is -0.121. The summed E-state index contributed by atoms with van der Waals surface area (Å²) in [6.07, 6.45) is 1.43. The summed E-state index contributed by atoms with van der Waals surface area (Å²) in [6.45, 7) is 1.38. The van der Waals surface area contributed by atoms with Gasteiger partial charge in [-0.3, -0.25) is 9.59 Å². The van der Waals surface area contributed by atoms with Crippen LogP contribution in [0.15, 0.2) is 52.0 Å². The molecule has 0 spiro atoms. The van der Waals surface area contributed by atoms with Crippen LogP contribution in [0.3, 0.4) is 0 Å². The van der Waals surface area contributed by atoms with Crippen LogP contribution in [0.1, 0.15) is 24.4 Å². The third-order valence-electron chi connectivity index (χ3n) is 3.83. The van der Waals surface area contributed by atoms with Gasteiger partial charge < -0.3 is 19.8 Å². The normalized spacial score (nSPS) is 12.2. The minimum atomic E-state index is -3.81. The number of nitrogens with one attached hydrogen (secondary N) is 2. The second-order valence-electron chi connectivity index (χ2n) is 5.76. The number of ether oxygens (including phenoxy) is 1. The molecule has 2 rings (SSSR count). The number of carbonyl (C=O) groups excluding carboxylic acids is 2. The number of sulfone groups is 1. The molecule has 1 aromatic heterocycles. The Kier molecular flexibility index (Phi) is 7.00. The Balaban J connectivity index is 2.14. The van der Waals surface area contributed by atoms with Crippen molar-refractivity contribution < 1.29 is 27.2 Å². The Labute approximate surface area is 157 Å². The van der Waals surface area contributed by atoms with Crippen LogP contribution in [0.5, 0.6) is 5.75 Å². The van der Waals surface area contributed by atoms with E-state index >= 15 is 0 Å². The summed E-state index contributed by atoms with van der Waals surface area (Å²) in [4.78, 5) is 22.9. The first-order valence-corrected chi connectivity index (χ1v) is 9.81. The summed E-state index contributed by atoms with van der Waals surface area (Å²) in [5, 5.41) is 4.02. The molecule has 0 saturated heterocycles. The van der Waals surface area contributed by atoms with Crippen molar-refractivity contribution in [1.29, 1.82) is 0 Å². The van der Waals surface area contributed by atoms with Gasteiger partial charge in [-0.15, -0.1) is 0 Å². The summed E-state index contributed by atoms with van der Waals surface area (Å²) in [5.74, 6) is 0.159. The van der Waals surface area contributed by atoms with Crippen molar-refractivity contribution in [3.05, 3.63) is 48.4 Å². The van der Waals surface area contributed by atoms with Gasteiger partial charge in [0.05, 0.1) is 18.3 Å². The number of benzene rings is 1. The third-order valence-corrected chi connectivity index (χ3v) is 5.91. The molecule has 2 amide bonds. The Hall–Kier alpha value is -2.81. The largest absolute Gasteiger partial charge is 0.497 e. The van der Waals surface area contributed by atoms with Crippen molar-refractivity contribution in [3.8, 4) is 5.75 Å². The van der Waals surface area contributed by atoms with E-state index in [-0.39, 0.29) is 42.0 Å². The second kappa shape index (κ2) is 9.22. The fraction of sp³-hybridized carbons (Fsp3) is 0.333. The lowest BCUT2D eigenvalue weighted by Gasteiger charge is -2.17. The van der Waals surface area contributed by atoms with Gasteiger partial charge in [-0.25, -0.2) is 8.42 Å². The summed E-state index contributed by atoms with van der Waals surface area (Å²) in [6, 6.07) is 9.14. The summed E-state index contributed by atoms with van der Waals surface area (Å²) in [7, 11) is -2.32. The van der Waals surface area contributed by atoms with Gasteiger partial charge in [-0.05, 0) is 36.4 Å². The Morgan fingerprint density at radius 1 is 1.15 bits per heavy atom. The van der Waals surface area contributed by atoms with E-state index in [2.05, 4.69) is 10.6 Å². The molecule has 0 fully saturated rings. The molecule has 27 heavy (non-hydrogen) atoms. The van der Waals surface area contributed by atoms with Gasteiger partial charge in [0, 0.05) is 26.4 Å². The minimum Gasteiger partial charge on any atom is -0.497 e. The molecule has 1 unspecified atom stereocenters. The van der Waals surface area contributed by atoms with Gasteiger partial charge in [0.15, 0.2) is 9.84 Å². The highest BCUT2D eigenvalue weighted by atomic mass is 32.2. The summed E-state index contributed by atoms with van der Waals surface area (Å²) in [5.41, 5.74) is 0. The number of methoxy groups -OCH3 is 1. The predicted molar refractivity (Wildman–Crippen MR) is 97.9 cm³/mol. The quantitative estimate of drug-likeness (QED) is 0.665. The number of furan rings is 1. The molecule has 0 saturated carbocycles. The average Bonchev–Trinajstić information content (AvgIpc) is 3.15. The summed E-state index contributed by atoms with van der Waals surface area (Å²) >= 11 is 0. The Bertz CT molecular complexity index is 860. The van der Waals surface area contributed by atoms with Crippen molar-refractivity contribution in [2.45, 2.75) is 23.5 Å². The first-order chi connectivity index (χ1) is 12.8. The van der Waals surface area contributed by atoms with E-state index in [4.69, 9.17) is 9.15 Å². The van der Waals surface area contributed by atoms with E-state index in [0.29, 0.717) is 5.75 Å². The topological polar surface area (TPSA) is 115 Å². The van der Waals surface area contributed by atoms with Crippen LogP contribution in [-0.2, 0) is 19.4 Å². The molecule has 1 atom stereocenters. The molecule has 146 valence electrons. The molecule has 0 aliphatic rings. The standard InChI is InChI=1S/C18H22N2O6S/c1-13(21)19-10-9-18(22)20-12-17(16-4-3-11-26-16)27(23,24)15-7-5-14(25-2)6-8-15/h3-8,11,17H,9-10,12H2,1-2H3,(H,19,21)(H,20,22). The fourth-order valence-electron chi connectivity index (χ4n) is 2.41. The molecule has 2 N–H and O–H groups in total. The lowest BCUT2D eigenvalue weighted by atomic mass is 10.3. The third kappa shape index (κ3) is 5.58. The maximum atomic E-state index is 13.0. The molecule has 9 heteroatoms. The molecule has 8 nitrogen and oxygen atoms in total. The number of amides is 2. The minimum absolute atomic E-state index is 0.0486. The van der Waals surface area contributed by atoms with Crippen LogP contribution in [0, 0.1) is 0 Å². The van der Waals surface area contributed by atoms with E-state index in [1.54, 1.807) is 24.3 Å². The van der Waals surface area contributed by atoms with Crippen LogP contribution < -0.4 is 15.4 Å². The van der Waals surface area contributed by atoms with Gasteiger partial charge >= 0.3 is 0 Å². The fourth-order valence-corrected chi connectivity index (χ4v) is 4.00. The zero-order valence-corrected chi connectivity index (χ0v) is 15.9. The van der Waals surface area contributed by atoms with Crippen LogP contribution in [-0.4, -0.2) is 40.4 Å². The van der Waals surface area contributed by atoms with Crippen LogP contribution >= 0.6 is 0 Å². The number of rotatable bonds is 9. The Morgan fingerprint density at radius 2 is 1.85 bits per heavy atom. The van der Waals surface area contributed by atoms with Gasteiger partial charge in [0.1, 0.15) is 16.8 Å². The van der Waals surface area contributed by atoms with E-state index in [9.17, 15) is 18.0 Å². The molecule has 0 aliphatic heterocycles. The van der Waals surface area contributed by atoms with Crippen LogP contribution in [0.2, 0.25) is 0 Å². The van der Waals surface area contributed by atoms with Crippen molar-refractivity contribution in [2.75, 3.05) is 20.2 Å². The van der Waals surface area contributed by atoms with Gasteiger partial charge in [-0.1, -0.05) is 0 Å². The van der Waals surface area contributed by atoms with E-state index in [0.717, 1.165) is 0 Å². The zero-order chi connectivity index (χ0) is 19.9. The number of hydrogen-bond acceptors (Lipinski definition) is 6. The molecule has 2 aromatic rings. The molecular weight excluding hydrogens is 372 g/mol. The molecule has 1 aromatic carbocycles. The molecule has 0 radical (unpaired) electrons. The first-order valence-electron chi connectivity index (χ1n) is 8.27. The SMILES string of the molecule is COc1ccc(S(=O)(=O)C(CNC(=O)CCNC(C)=O)c2ccco2)cc1. The number of carbonyl (C=O) groups is 2. The van der Waals surface area contributed by atoms with E-state index in [1.807, 2.05) is 0 Å². The van der Waals surface area contributed by atoms with Crippen molar-refractivity contribution in [3.63, 3.8) is 0 Å². The van der Waals surface area contributed by atoms with Gasteiger partial charge in [0.2, 0.25) is 11.8 Å². The lowest BCUT2D eigenvalue weighted by Crippen LogP contribution is -2.34. The van der Waals surface area contributed by atoms with Crippen molar-refractivity contribution in [2.24, 2.45) is 0 Å². The van der Waals surface area contributed by atoms with E-state index in [1.165, 1.54) is 32.4 Å². The van der Waals surface area contributed by atoms with Gasteiger partial charge in [-0.2, -0.15) is 0 Å². The smallest absolute Gasteiger partial charge is 0.221 e. The molecule has 0 bridgehead atoms. The first kappa shape index (κ1) is 20.5. The van der Waals surface area contributed by atoms with Crippen LogP contribution in [0.4, 0.5) is 0 Å². The summed E-state index contributed by atoms with van der Waals surface area (Å²) < 4.78 is 36.4. The van der Waals surface area contributed by atoms with E-state index < -0.39 is 15.1 Å². The second-order valence-corrected chi connectivity index (χ2v) is 7.89. The Morgan fingerprint density at radius 3 is 2.41 bits per heavy atom. The number of hydrogen-bond donors (Lipinski definition) is 2.